The number of hydrogen-bond donors (Lipinski definition) is 2. The van der Waals surface area contributed by atoms with Crippen LogP contribution in [0.4, 0.5) is 5.69 Å². The lowest BCUT2D eigenvalue weighted by Gasteiger charge is -2.11. The van der Waals surface area contributed by atoms with E-state index in [1.54, 1.807) is 39.3 Å². The Morgan fingerprint density at radius 1 is 1.04 bits per heavy atom. The van der Waals surface area contributed by atoms with Gasteiger partial charge in [0.2, 0.25) is 5.91 Å². The third kappa shape index (κ3) is 4.28. The van der Waals surface area contributed by atoms with Crippen molar-refractivity contribution >= 4 is 22.5 Å². The number of nitrogens with one attached hydrogen (secondary N) is 2. The van der Waals surface area contributed by atoms with E-state index in [0.717, 1.165) is 16.5 Å². The maximum absolute atomic E-state index is 12.3. The Balaban J connectivity index is 1.66. The number of fused-ring (bicyclic) bond motifs is 1. The van der Waals surface area contributed by atoms with E-state index in [9.17, 15) is 9.59 Å². The van der Waals surface area contributed by atoms with Crippen molar-refractivity contribution < 1.29 is 14.3 Å². The molecule has 0 saturated heterocycles. The predicted molar refractivity (Wildman–Crippen MR) is 106 cm³/mol. The molecule has 2 N–H and O–H groups in total. The van der Waals surface area contributed by atoms with E-state index in [4.69, 9.17) is 9.47 Å². The second kappa shape index (κ2) is 7.95. The SMILES string of the molecule is COc1ccc(NC(=O)CCc2ccc3[nH]c(=O)c(C)cc3c2)cc1OC. The van der Waals surface area contributed by atoms with Crippen molar-refractivity contribution in [1.29, 1.82) is 0 Å². The molecule has 6 nitrogen and oxygen atoms in total. The maximum atomic E-state index is 12.3. The molecule has 0 aliphatic carbocycles. The van der Waals surface area contributed by atoms with E-state index in [2.05, 4.69) is 10.3 Å². The Kier molecular flexibility index (Phi) is 5.45. The van der Waals surface area contributed by atoms with E-state index < -0.39 is 0 Å². The van der Waals surface area contributed by atoms with Gasteiger partial charge in [0.1, 0.15) is 0 Å². The second-order valence-electron chi connectivity index (χ2n) is 6.32. The smallest absolute Gasteiger partial charge is 0.251 e. The number of methoxy groups -OCH3 is 2. The highest BCUT2D eigenvalue weighted by Gasteiger charge is 2.08. The van der Waals surface area contributed by atoms with Crippen LogP contribution in [0.1, 0.15) is 17.5 Å². The third-order valence-electron chi connectivity index (χ3n) is 4.40. The molecule has 0 aliphatic heterocycles. The lowest BCUT2D eigenvalue weighted by molar-refractivity contribution is -0.116. The minimum Gasteiger partial charge on any atom is -0.493 e. The third-order valence-corrected chi connectivity index (χ3v) is 4.40. The van der Waals surface area contributed by atoms with Gasteiger partial charge >= 0.3 is 0 Å². The molecular weight excluding hydrogens is 344 g/mol. The Labute approximate surface area is 157 Å². The fourth-order valence-corrected chi connectivity index (χ4v) is 2.92. The van der Waals surface area contributed by atoms with Crippen molar-refractivity contribution in [2.75, 3.05) is 19.5 Å². The highest BCUT2D eigenvalue weighted by molar-refractivity contribution is 5.91. The number of aromatic amines is 1. The number of benzene rings is 2. The summed E-state index contributed by atoms with van der Waals surface area (Å²) < 4.78 is 10.4. The fourth-order valence-electron chi connectivity index (χ4n) is 2.92. The van der Waals surface area contributed by atoms with Gasteiger partial charge in [-0.25, -0.2) is 0 Å². The van der Waals surface area contributed by atoms with Crippen molar-refractivity contribution in [3.05, 3.63) is 63.9 Å². The Morgan fingerprint density at radius 2 is 1.81 bits per heavy atom. The number of anilines is 1. The Bertz CT molecular complexity index is 1040. The molecule has 0 spiro atoms. The summed E-state index contributed by atoms with van der Waals surface area (Å²) in [6.07, 6.45) is 0.954. The number of hydrogen-bond acceptors (Lipinski definition) is 4. The molecule has 140 valence electrons. The van der Waals surface area contributed by atoms with Crippen LogP contribution in [0.2, 0.25) is 0 Å². The van der Waals surface area contributed by atoms with Crippen LogP contribution < -0.4 is 20.3 Å². The molecule has 0 atom stereocenters. The maximum Gasteiger partial charge on any atom is 0.251 e. The molecule has 3 aromatic rings. The van der Waals surface area contributed by atoms with Crippen molar-refractivity contribution in [3.8, 4) is 11.5 Å². The topological polar surface area (TPSA) is 80.4 Å². The molecule has 1 heterocycles. The lowest BCUT2D eigenvalue weighted by atomic mass is 10.1. The molecule has 0 aliphatic rings. The standard InChI is InChI=1S/C21H22N2O4/c1-13-10-15-11-14(4-7-17(15)23-21(13)25)5-9-20(24)22-16-6-8-18(26-2)19(12-16)27-3/h4,6-8,10-12H,5,9H2,1-3H3,(H,22,24)(H,23,25). The first kappa shape index (κ1) is 18.5. The monoisotopic (exact) mass is 366 g/mol. The first-order chi connectivity index (χ1) is 13.0. The largest absolute Gasteiger partial charge is 0.493 e. The van der Waals surface area contributed by atoms with Gasteiger partial charge in [0.25, 0.3) is 5.56 Å². The second-order valence-corrected chi connectivity index (χ2v) is 6.32. The summed E-state index contributed by atoms with van der Waals surface area (Å²) in [4.78, 5) is 26.8. The van der Waals surface area contributed by atoms with E-state index in [0.29, 0.717) is 35.6 Å². The number of amides is 1. The van der Waals surface area contributed by atoms with Gasteiger partial charge in [-0.2, -0.15) is 0 Å². The molecule has 3 rings (SSSR count). The Hall–Kier alpha value is -3.28. The van der Waals surface area contributed by atoms with Crippen molar-refractivity contribution in [3.63, 3.8) is 0 Å². The number of rotatable bonds is 6. The van der Waals surface area contributed by atoms with Crippen molar-refractivity contribution in [2.24, 2.45) is 0 Å². The molecule has 0 bridgehead atoms. The van der Waals surface area contributed by atoms with E-state index in [1.807, 2.05) is 24.3 Å². The first-order valence-corrected chi connectivity index (χ1v) is 8.64. The molecule has 0 fully saturated rings. The number of carbonyl (C=O) groups excluding carboxylic acids is 1. The number of aromatic nitrogens is 1. The van der Waals surface area contributed by atoms with Gasteiger partial charge < -0.3 is 19.8 Å². The van der Waals surface area contributed by atoms with E-state index >= 15 is 0 Å². The van der Waals surface area contributed by atoms with Gasteiger partial charge in [-0.3, -0.25) is 9.59 Å². The molecule has 0 unspecified atom stereocenters. The summed E-state index contributed by atoms with van der Waals surface area (Å²) in [6, 6.07) is 12.9. The van der Waals surface area contributed by atoms with Crippen LogP contribution in [-0.2, 0) is 11.2 Å². The van der Waals surface area contributed by atoms with Crippen LogP contribution in [0.15, 0.2) is 47.3 Å². The average Bonchev–Trinajstić information content (AvgIpc) is 2.67. The molecule has 1 amide bonds. The summed E-state index contributed by atoms with van der Waals surface area (Å²) in [5.74, 6) is 1.09. The highest BCUT2D eigenvalue weighted by atomic mass is 16.5. The fraction of sp³-hybridized carbons (Fsp3) is 0.238. The first-order valence-electron chi connectivity index (χ1n) is 8.64. The molecule has 6 heteroatoms. The van der Waals surface area contributed by atoms with Gasteiger partial charge in [-0.1, -0.05) is 6.07 Å². The summed E-state index contributed by atoms with van der Waals surface area (Å²) in [6.45, 7) is 1.78. The van der Waals surface area contributed by atoms with Gasteiger partial charge in [-0.15, -0.1) is 0 Å². The van der Waals surface area contributed by atoms with Crippen LogP contribution in [0.25, 0.3) is 10.9 Å². The van der Waals surface area contributed by atoms with Crippen LogP contribution in [0, 0.1) is 6.92 Å². The number of aryl methyl sites for hydroxylation is 2. The molecule has 0 saturated carbocycles. The predicted octanol–water partition coefficient (Wildman–Crippen LogP) is 3.43. The van der Waals surface area contributed by atoms with Crippen molar-refractivity contribution in [2.45, 2.75) is 19.8 Å². The van der Waals surface area contributed by atoms with Crippen LogP contribution in [-0.4, -0.2) is 25.1 Å². The summed E-state index contributed by atoms with van der Waals surface area (Å²) >= 11 is 0. The number of pyridine rings is 1. The van der Waals surface area contributed by atoms with Crippen molar-refractivity contribution in [1.82, 2.24) is 4.98 Å². The quantitative estimate of drug-likeness (QED) is 0.700. The zero-order chi connectivity index (χ0) is 19.4. The van der Waals surface area contributed by atoms with Crippen LogP contribution in [0.5, 0.6) is 11.5 Å². The molecule has 27 heavy (non-hydrogen) atoms. The van der Waals surface area contributed by atoms with E-state index in [-0.39, 0.29) is 11.5 Å². The molecule has 2 aromatic carbocycles. The number of ether oxygens (including phenoxy) is 2. The van der Waals surface area contributed by atoms with Crippen LogP contribution >= 0.6 is 0 Å². The minimum absolute atomic E-state index is 0.0791. The van der Waals surface area contributed by atoms with Crippen LogP contribution in [0.3, 0.4) is 0 Å². The Morgan fingerprint density at radius 3 is 2.56 bits per heavy atom. The number of carbonyl (C=O) groups is 1. The van der Waals surface area contributed by atoms with Gasteiger partial charge in [0.15, 0.2) is 11.5 Å². The number of H-pyrrole nitrogens is 1. The molecule has 0 radical (unpaired) electrons. The normalized spacial score (nSPS) is 10.6. The zero-order valence-corrected chi connectivity index (χ0v) is 15.6. The minimum atomic E-state index is -0.0834. The van der Waals surface area contributed by atoms with Gasteiger partial charge in [0, 0.05) is 29.3 Å². The average molecular weight is 366 g/mol. The van der Waals surface area contributed by atoms with Gasteiger partial charge in [0.05, 0.1) is 14.2 Å². The summed E-state index contributed by atoms with van der Waals surface area (Å²) in [5.41, 5.74) is 3.08. The molecular formula is C21H22N2O4. The van der Waals surface area contributed by atoms with Gasteiger partial charge in [-0.05, 0) is 54.6 Å². The summed E-state index contributed by atoms with van der Waals surface area (Å²) in [5, 5.41) is 3.83. The lowest BCUT2D eigenvalue weighted by Crippen LogP contribution is -2.12. The molecule has 1 aromatic heterocycles. The van der Waals surface area contributed by atoms with E-state index in [1.165, 1.54) is 0 Å². The summed E-state index contributed by atoms with van der Waals surface area (Å²) in [7, 11) is 3.12. The zero-order valence-electron chi connectivity index (χ0n) is 15.6. The highest BCUT2D eigenvalue weighted by Crippen LogP contribution is 2.29.